The summed E-state index contributed by atoms with van der Waals surface area (Å²) in [5.74, 6) is -1.60. The van der Waals surface area contributed by atoms with Crippen molar-refractivity contribution in [1.29, 1.82) is 0 Å². The zero-order chi connectivity index (χ0) is 36.5. The molecule has 1 aliphatic rings. The number of fused-ring (bicyclic) bond motifs is 1. The van der Waals surface area contributed by atoms with Gasteiger partial charge in [-0.25, -0.2) is 13.1 Å². The Morgan fingerprint density at radius 3 is 2.21 bits per heavy atom. The van der Waals surface area contributed by atoms with Crippen LogP contribution in [0.1, 0.15) is 50.1 Å². The number of carbonyl (C=O) groups excluding carboxylic acids is 1. The molecule has 1 aromatic heterocycles. The molecule has 0 saturated carbocycles. The quantitative estimate of drug-likeness (QED) is 0.102. The maximum atomic E-state index is 14.6. The number of aryl methyl sites for hydroxylation is 2. The predicted molar refractivity (Wildman–Crippen MR) is 206 cm³/mol. The summed E-state index contributed by atoms with van der Waals surface area (Å²) in [4.78, 5) is 37.1. The van der Waals surface area contributed by atoms with E-state index in [1.165, 1.54) is 36.3 Å². The number of amides is 1. The Morgan fingerprint density at radius 1 is 0.808 bits per heavy atom. The van der Waals surface area contributed by atoms with Gasteiger partial charge in [0.05, 0.1) is 10.9 Å². The summed E-state index contributed by atoms with van der Waals surface area (Å²) in [7, 11) is 0. The molecular formula is C42H47F2N5O2S. The summed E-state index contributed by atoms with van der Waals surface area (Å²) in [6.07, 6.45) is 4.13. The number of para-hydroxylation sites is 1. The number of benzene rings is 4. The first kappa shape index (κ1) is 37.4. The van der Waals surface area contributed by atoms with E-state index >= 15 is 0 Å². The lowest BCUT2D eigenvalue weighted by Crippen LogP contribution is -2.40. The first-order valence-electron chi connectivity index (χ1n) is 18.4. The Bertz CT molecular complexity index is 2010. The fourth-order valence-corrected chi connectivity index (χ4v) is 7.78. The molecule has 0 atom stereocenters. The third-order valence-electron chi connectivity index (χ3n) is 9.91. The van der Waals surface area contributed by atoms with Crippen LogP contribution in [-0.2, 0) is 30.7 Å². The van der Waals surface area contributed by atoms with Crippen molar-refractivity contribution < 1.29 is 13.6 Å². The van der Waals surface area contributed by atoms with Crippen molar-refractivity contribution in [2.75, 3.05) is 39.3 Å². The van der Waals surface area contributed by atoms with Gasteiger partial charge >= 0.3 is 0 Å². The van der Waals surface area contributed by atoms with Gasteiger partial charge in [-0.05, 0) is 96.9 Å². The summed E-state index contributed by atoms with van der Waals surface area (Å²) in [6.45, 7) is 9.85. The van der Waals surface area contributed by atoms with Gasteiger partial charge < -0.3 is 14.4 Å². The van der Waals surface area contributed by atoms with E-state index in [0.717, 1.165) is 48.9 Å². The maximum absolute atomic E-state index is 14.6. The zero-order valence-corrected chi connectivity index (χ0v) is 30.9. The van der Waals surface area contributed by atoms with Crippen LogP contribution in [0.4, 0.5) is 8.78 Å². The average molecular weight is 724 g/mol. The van der Waals surface area contributed by atoms with E-state index in [1.54, 1.807) is 22.8 Å². The zero-order valence-electron chi connectivity index (χ0n) is 30.1. The molecule has 6 rings (SSSR count). The summed E-state index contributed by atoms with van der Waals surface area (Å²) in [6, 6.07) is 28.3. The molecule has 0 spiro atoms. The number of halogens is 2. The van der Waals surface area contributed by atoms with Crippen molar-refractivity contribution in [3.05, 3.63) is 130 Å². The van der Waals surface area contributed by atoms with Gasteiger partial charge in [0, 0.05) is 44.0 Å². The molecule has 10 heteroatoms. The highest BCUT2D eigenvalue weighted by Gasteiger charge is 2.20. The Hall–Kier alpha value is -4.38. The van der Waals surface area contributed by atoms with Gasteiger partial charge in [-0.1, -0.05) is 80.9 Å². The van der Waals surface area contributed by atoms with Crippen molar-refractivity contribution in [2.45, 2.75) is 63.9 Å². The molecule has 1 saturated heterocycles. The first-order valence-corrected chi connectivity index (χ1v) is 19.1. The van der Waals surface area contributed by atoms with Gasteiger partial charge in [0.25, 0.3) is 5.56 Å². The van der Waals surface area contributed by atoms with Crippen LogP contribution in [0.15, 0.2) is 101 Å². The largest absolute Gasteiger partial charge is 0.336 e. The topological polar surface area (TPSA) is 61.7 Å². The lowest BCUT2D eigenvalue weighted by atomic mass is 10.0. The van der Waals surface area contributed by atoms with E-state index in [4.69, 9.17) is 0 Å². The number of carbonyl (C=O) groups is 1. The Balaban J connectivity index is 1.22. The third-order valence-corrected chi connectivity index (χ3v) is 11.0. The van der Waals surface area contributed by atoms with Gasteiger partial charge in [-0.3, -0.25) is 9.59 Å². The summed E-state index contributed by atoms with van der Waals surface area (Å²) in [5, 5.41) is 0.402. The van der Waals surface area contributed by atoms with E-state index in [9.17, 15) is 18.4 Å². The van der Waals surface area contributed by atoms with E-state index in [0.29, 0.717) is 36.4 Å². The molecule has 1 aliphatic heterocycles. The SMILES string of the molecule is CCN(CC)CCN(Cc1ccc(-c2ccc(SN3CCCCC3)cc2)cc1)C(=O)Cn1c(CCc2cccc(F)c2F)nc(=O)c2ccccc21. The van der Waals surface area contributed by atoms with Crippen LogP contribution in [-0.4, -0.2) is 68.8 Å². The van der Waals surface area contributed by atoms with E-state index in [2.05, 4.69) is 76.6 Å². The van der Waals surface area contributed by atoms with E-state index in [1.807, 2.05) is 22.9 Å². The van der Waals surface area contributed by atoms with Crippen LogP contribution in [0.3, 0.4) is 0 Å². The minimum absolute atomic E-state index is 0.0487. The van der Waals surface area contributed by atoms with Crippen LogP contribution < -0.4 is 5.56 Å². The Morgan fingerprint density at radius 2 is 1.50 bits per heavy atom. The van der Waals surface area contributed by atoms with Crippen molar-refractivity contribution in [1.82, 2.24) is 23.7 Å². The van der Waals surface area contributed by atoms with Gasteiger partial charge in [-0.2, -0.15) is 4.98 Å². The van der Waals surface area contributed by atoms with Crippen molar-refractivity contribution in [2.24, 2.45) is 0 Å². The average Bonchev–Trinajstić information content (AvgIpc) is 3.17. The highest BCUT2D eigenvalue weighted by molar-refractivity contribution is 7.97. The van der Waals surface area contributed by atoms with E-state index in [-0.39, 0.29) is 30.9 Å². The highest BCUT2D eigenvalue weighted by Crippen LogP contribution is 2.29. The molecule has 1 amide bonds. The molecule has 0 aliphatic carbocycles. The second kappa shape index (κ2) is 17.9. The number of aromatic nitrogens is 2. The molecule has 0 N–H and O–H groups in total. The van der Waals surface area contributed by atoms with Crippen LogP contribution in [0, 0.1) is 11.6 Å². The van der Waals surface area contributed by atoms with Gasteiger partial charge in [0.1, 0.15) is 12.4 Å². The van der Waals surface area contributed by atoms with Crippen molar-refractivity contribution >= 4 is 28.8 Å². The summed E-state index contributed by atoms with van der Waals surface area (Å²) >= 11 is 1.84. The van der Waals surface area contributed by atoms with Gasteiger partial charge in [-0.15, -0.1) is 0 Å². The molecule has 2 heterocycles. The molecule has 52 heavy (non-hydrogen) atoms. The normalized spacial score (nSPS) is 13.6. The highest BCUT2D eigenvalue weighted by atomic mass is 32.2. The number of rotatable bonds is 15. The molecule has 0 radical (unpaired) electrons. The molecule has 0 bridgehead atoms. The molecule has 272 valence electrons. The smallest absolute Gasteiger partial charge is 0.280 e. The number of likely N-dealkylation sites (N-methyl/N-ethyl adjacent to an activating group) is 1. The van der Waals surface area contributed by atoms with Crippen LogP contribution in [0.2, 0.25) is 0 Å². The standard InChI is InChI=1S/C42H47F2N5O2S/c1-3-46(4-2)27-28-47(29-31-15-17-32(18-16-31)33-19-22-35(23-20-33)52-48-25-8-5-9-26-48)40(50)30-49-38-14-7-6-12-36(38)42(51)45-39(49)24-21-34-11-10-13-37(43)41(34)44/h6-7,10-20,22-23H,3-5,8-9,21,24-30H2,1-2H3. The molecule has 4 aromatic carbocycles. The second-order valence-corrected chi connectivity index (χ2v) is 14.5. The number of hydrogen-bond donors (Lipinski definition) is 0. The van der Waals surface area contributed by atoms with Gasteiger partial charge in [0.15, 0.2) is 11.6 Å². The molecule has 7 nitrogen and oxygen atoms in total. The number of hydrogen-bond acceptors (Lipinski definition) is 6. The lowest BCUT2D eigenvalue weighted by molar-refractivity contribution is -0.132. The fourth-order valence-electron chi connectivity index (χ4n) is 6.79. The number of nitrogens with zero attached hydrogens (tertiary/aromatic N) is 5. The first-order chi connectivity index (χ1) is 25.3. The van der Waals surface area contributed by atoms with E-state index < -0.39 is 17.2 Å². The Kier molecular flexibility index (Phi) is 12.9. The minimum atomic E-state index is -0.923. The second-order valence-electron chi connectivity index (χ2n) is 13.3. The summed E-state index contributed by atoms with van der Waals surface area (Å²) < 4.78 is 32.7. The monoisotopic (exact) mass is 723 g/mol. The predicted octanol–water partition coefficient (Wildman–Crippen LogP) is 7.99. The Labute approximate surface area is 309 Å². The summed E-state index contributed by atoms with van der Waals surface area (Å²) in [5.41, 5.74) is 3.63. The van der Waals surface area contributed by atoms with Crippen LogP contribution in [0.25, 0.3) is 22.0 Å². The molecule has 5 aromatic rings. The molecule has 0 unspecified atom stereocenters. The van der Waals surface area contributed by atoms with Crippen molar-refractivity contribution in [3.8, 4) is 11.1 Å². The van der Waals surface area contributed by atoms with Crippen molar-refractivity contribution in [3.63, 3.8) is 0 Å². The van der Waals surface area contributed by atoms with Gasteiger partial charge in [0.2, 0.25) is 5.91 Å². The third kappa shape index (κ3) is 9.34. The van der Waals surface area contributed by atoms with Crippen LogP contribution in [0.5, 0.6) is 0 Å². The number of piperidine rings is 1. The molecule has 1 fully saturated rings. The lowest BCUT2D eigenvalue weighted by Gasteiger charge is -2.28. The van der Waals surface area contributed by atoms with Crippen LogP contribution >= 0.6 is 11.9 Å². The maximum Gasteiger partial charge on any atom is 0.280 e. The molecular weight excluding hydrogens is 677 g/mol. The fraction of sp³-hybridized carbons (Fsp3) is 0.357. The minimum Gasteiger partial charge on any atom is -0.336 e.